The topological polar surface area (TPSA) is 99.3 Å². The molecule has 0 saturated carbocycles. The molecular formula is C19H13ClN2O4. The summed E-state index contributed by atoms with van der Waals surface area (Å²) in [5.74, 6) is -1.28. The van der Waals surface area contributed by atoms with E-state index >= 15 is 0 Å². The number of aromatic amines is 1. The number of aromatic hydroxyl groups is 1. The predicted molar refractivity (Wildman–Crippen MR) is 102 cm³/mol. The quantitative estimate of drug-likeness (QED) is 0.619. The van der Waals surface area contributed by atoms with Gasteiger partial charge in [-0.3, -0.25) is 14.4 Å². The third kappa shape index (κ3) is 3.65. The molecule has 3 N–H and O–H groups in total. The summed E-state index contributed by atoms with van der Waals surface area (Å²) in [4.78, 5) is 39.1. The second kappa shape index (κ2) is 7.25. The van der Waals surface area contributed by atoms with E-state index in [2.05, 4.69) is 10.3 Å². The first-order valence-corrected chi connectivity index (χ1v) is 7.96. The van der Waals surface area contributed by atoms with Crippen molar-refractivity contribution in [3.63, 3.8) is 0 Å². The Morgan fingerprint density at radius 2 is 1.85 bits per heavy atom. The standard InChI is InChI=1S/C19H13ClN2O4/c20-11-6-7-13-15(10-11)22-19(26)18(25)14(17(13)24)8-9-16(23)21-12-4-2-1-3-5-12/h1-10,25H,(H,21,23)(H,22,26)/b9-8+. The molecule has 0 aliphatic heterocycles. The van der Waals surface area contributed by atoms with Crippen LogP contribution in [0.25, 0.3) is 17.0 Å². The van der Waals surface area contributed by atoms with Crippen molar-refractivity contribution in [3.8, 4) is 5.75 Å². The van der Waals surface area contributed by atoms with E-state index in [9.17, 15) is 19.5 Å². The number of anilines is 1. The Hall–Kier alpha value is -3.38. The molecule has 3 rings (SSSR count). The first-order valence-electron chi connectivity index (χ1n) is 7.58. The summed E-state index contributed by atoms with van der Waals surface area (Å²) >= 11 is 5.87. The fourth-order valence-electron chi connectivity index (χ4n) is 2.39. The first-order chi connectivity index (χ1) is 12.5. The Labute approximate surface area is 152 Å². The fraction of sp³-hybridized carbons (Fsp3) is 0. The van der Waals surface area contributed by atoms with Gasteiger partial charge in [-0.05, 0) is 36.4 Å². The largest absolute Gasteiger partial charge is 0.503 e. The average Bonchev–Trinajstić information content (AvgIpc) is 2.70. The number of fused-ring (bicyclic) bond motifs is 1. The summed E-state index contributed by atoms with van der Waals surface area (Å²) in [7, 11) is 0. The van der Waals surface area contributed by atoms with Gasteiger partial charge in [-0.15, -0.1) is 0 Å². The van der Waals surface area contributed by atoms with E-state index in [1.54, 1.807) is 30.3 Å². The van der Waals surface area contributed by atoms with Crippen LogP contribution in [0.1, 0.15) is 5.56 Å². The molecule has 0 bridgehead atoms. The highest BCUT2D eigenvalue weighted by Crippen LogP contribution is 2.16. The van der Waals surface area contributed by atoms with Crippen molar-refractivity contribution >= 4 is 40.2 Å². The lowest BCUT2D eigenvalue weighted by atomic mass is 10.1. The van der Waals surface area contributed by atoms with Crippen molar-refractivity contribution in [1.82, 2.24) is 4.98 Å². The SMILES string of the molecule is O=C(/C=C/c1c(O)c(=O)[nH]c2cc(Cl)ccc2c1=O)Nc1ccccc1. The highest BCUT2D eigenvalue weighted by molar-refractivity contribution is 6.31. The summed E-state index contributed by atoms with van der Waals surface area (Å²) in [6, 6.07) is 13.1. The van der Waals surface area contributed by atoms with Crippen LogP contribution < -0.4 is 16.3 Å². The maximum absolute atomic E-state index is 12.6. The number of rotatable bonds is 3. The molecule has 0 fully saturated rings. The highest BCUT2D eigenvalue weighted by atomic mass is 35.5. The summed E-state index contributed by atoms with van der Waals surface area (Å²) in [5.41, 5.74) is -0.980. The minimum atomic E-state index is -0.859. The first kappa shape index (κ1) is 17.4. The number of carbonyl (C=O) groups excluding carboxylic acids is 1. The molecule has 1 aromatic heterocycles. The minimum Gasteiger partial charge on any atom is -0.503 e. The van der Waals surface area contributed by atoms with Gasteiger partial charge >= 0.3 is 0 Å². The van der Waals surface area contributed by atoms with Gasteiger partial charge in [0.15, 0.2) is 11.2 Å². The van der Waals surface area contributed by atoms with Gasteiger partial charge in [-0.1, -0.05) is 29.8 Å². The van der Waals surface area contributed by atoms with E-state index in [1.807, 2.05) is 0 Å². The summed E-state index contributed by atoms with van der Waals surface area (Å²) in [5, 5.41) is 13.2. The Balaban J connectivity index is 2.05. The lowest BCUT2D eigenvalue weighted by Crippen LogP contribution is -2.09. The Bertz CT molecular complexity index is 1140. The molecule has 1 heterocycles. The van der Waals surface area contributed by atoms with Crippen LogP contribution in [0.2, 0.25) is 5.02 Å². The lowest BCUT2D eigenvalue weighted by Gasteiger charge is -2.00. The summed E-state index contributed by atoms with van der Waals surface area (Å²) in [6.45, 7) is 0. The van der Waals surface area contributed by atoms with Crippen LogP contribution in [0.15, 0.2) is 64.2 Å². The molecule has 0 spiro atoms. The maximum atomic E-state index is 12.6. The summed E-state index contributed by atoms with van der Waals surface area (Å²) < 4.78 is 0. The van der Waals surface area contributed by atoms with E-state index < -0.39 is 22.6 Å². The molecule has 0 aliphatic carbocycles. The van der Waals surface area contributed by atoms with Crippen LogP contribution in [0.3, 0.4) is 0 Å². The maximum Gasteiger partial charge on any atom is 0.291 e. The number of hydrogen-bond acceptors (Lipinski definition) is 4. The van der Waals surface area contributed by atoms with Crippen molar-refractivity contribution < 1.29 is 9.90 Å². The van der Waals surface area contributed by atoms with E-state index in [0.29, 0.717) is 10.7 Å². The van der Waals surface area contributed by atoms with Gasteiger partial charge in [-0.2, -0.15) is 0 Å². The van der Waals surface area contributed by atoms with E-state index in [1.165, 1.54) is 18.2 Å². The number of benzene rings is 2. The Morgan fingerprint density at radius 3 is 2.58 bits per heavy atom. The third-order valence-electron chi connectivity index (χ3n) is 3.63. The van der Waals surface area contributed by atoms with E-state index in [4.69, 9.17) is 11.6 Å². The lowest BCUT2D eigenvalue weighted by molar-refractivity contribution is -0.111. The molecule has 2 aromatic carbocycles. The van der Waals surface area contributed by atoms with E-state index in [-0.39, 0.29) is 16.5 Å². The van der Waals surface area contributed by atoms with Crippen molar-refractivity contribution in [1.29, 1.82) is 0 Å². The zero-order valence-electron chi connectivity index (χ0n) is 13.3. The van der Waals surface area contributed by atoms with Crippen molar-refractivity contribution in [3.05, 3.63) is 85.8 Å². The van der Waals surface area contributed by atoms with Crippen LogP contribution in [0.5, 0.6) is 5.75 Å². The van der Waals surface area contributed by atoms with E-state index in [0.717, 1.165) is 12.2 Å². The molecule has 0 saturated heterocycles. The average molecular weight is 369 g/mol. The van der Waals surface area contributed by atoms with Crippen LogP contribution in [0, 0.1) is 0 Å². The number of amides is 1. The van der Waals surface area contributed by atoms with Gasteiger partial charge in [0.2, 0.25) is 5.91 Å². The highest BCUT2D eigenvalue weighted by Gasteiger charge is 2.11. The molecule has 130 valence electrons. The van der Waals surface area contributed by atoms with Gasteiger partial charge in [0, 0.05) is 22.2 Å². The zero-order valence-corrected chi connectivity index (χ0v) is 14.1. The normalized spacial score (nSPS) is 11.0. The van der Waals surface area contributed by atoms with Gasteiger partial charge in [0.1, 0.15) is 0 Å². The monoisotopic (exact) mass is 368 g/mol. The molecule has 1 amide bonds. The molecule has 6 nitrogen and oxygen atoms in total. The molecular weight excluding hydrogens is 356 g/mol. The minimum absolute atomic E-state index is 0.162. The zero-order chi connectivity index (χ0) is 18.7. The number of hydrogen-bond donors (Lipinski definition) is 3. The number of carbonyl (C=O) groups is 1. The second-order valence-electron chi connectivity index (χ2n) is 5.42. The van der Waals surface area contributed by atoms with Crippen LogP contribution in [-0.4, -0.2) is 16.0 Å². The van der Waals surface area contributed by atoms with Crippen molar-refractivity contribution in [2.75, 3.05) is 5.32 Å². The third-order valence-corrected chi connectivity index (χ3v) is 3.87. The number of aromatic nitrogens is 1. The fourth-order valence-corrected chi connectivity index (χ4v) is 2.57. The van der Waals surface area contributed by atoms with Gasteiger partial charge in [0.05, 0.1) is 11.1 Å². The Morgan fingerprint density at radius 1 is 1.12 bits per heavy atom. The second-order valence-corrected chi connectivity index (χ2v) is 5.86. The van der Waals surface area contributed by atoms with Crippen molar-refractivity contribution in [2.45, 2.75) is 0 Å². The van der Waals surface area contributed by atoms with Gasteiger partial charge in [-0.25, -0.2) is 0 Å². The molecule has 26 heavy (non-hydrogen) atoms. The number of H-pyrrole nitrogens is 1. The molecule has 0 atom stereocenters. The van der Waals surface area contributed by atoms with Gasteiger partial charge < -0.3 is 15.4 Å². The molecule has 3 aromatic rings. The number of nitrogens with one attached hydrogen (secondary N) is 2. The number of para-hydroxylation sites is 1. The van der Waals surface area contributed by atoms with Crippen LogP contribution in [0.4, 0.5) is 5.69 Å². The van der Waals surface area contributed by atoms with Crippen molar-refractivity contribution in [2.24, 2.45) is 0 Å². The van der Waals surface area contributed by atoms with Crippen LogP contribution in [-0.2, 0) is 4.79 Å². The molecule has 0 aliphatic rings. The number of halogens is 1. The molecule has 0 radical (unpaired) electrons. The molecule has 0 unspecified atom stereocenters. The summed E-state index contributed by atoms with van der Waals surface area (Å²) in [6.07, 6.45) is 2.18. The smallest absolute Gasteiger partial charge is 0.291 e. The predicted octanol–water partition coefficient (Wildman–Crippen LogP) is 2.90. The molecule has 7 heteroatoms. The van der Waals surface area contributed by atoms with Crippen LogP contribution >= 0.6 is 11.6 Å². The van der Waals surface area contributed by atoms with Gasteiger partial charge in [0.25, 0.3) is 5.56 Å². The Kier molecular flexibility index (Phi) is 4.86.